The Hall–Kier alpha value is -4.30. The minimum Gasteiger partial charge on any atom is -0.481 e. The molecule has 1 aliphatic carbocycles. The number of aliphatic imine (C=N–C) groups is 1. The van der Waals surface area contributed by atoms with E-state index in [1.165, 1.54) is 12.5 Å². The topological polar surface area (TPSA) is 234 Å². The Morgan fingerprint density at radius 3 is 2.39 bits per heavy atom. The summed E-state index contributed by atoms with van der Waals surface area (Å²) in [5.74, 6) is -2.85. The molecule has 14 nitrogen and oxygen atoms in total. The Morgan fingerprint density at radius 1 is 1.14 bits per heavy atom. The lowest BCUT2D eigenvalue weighted by Crippen LogP contribution is -2.50. The van der Waals surface area contributed by atoms with Crippen LogP contribution in [0.2, 0.25) is 0 Å². The van der Waals surface area contributed by atoms with Gasteiger partial charge in [0.2, 0.25) is 5.91 Å². The molecule has 0 aliphatic heterocycles. The fourth-order valence-corrected chi connectivity index (χ4v) is 4.69. The second-order valence-corrected chi connectivity index (χ2v) is 10.6. The molecule has 3 rings (SSSR count). The number of aryl methyl sites for hydroxylation is 2. The Balaban J connectivity index is 0.000000477. The SMILES string of the molecule is CCC(CC)O[C@@H]1CC(C(=O)O)C=C(n2cc(CCc3ccccc3)nn2)[C@H]1NC(C)=O.NC(N)=NCCC[C@H](N)C(=O)O. The van der Waals surface area contributed by atoms with Gasteiger partial charge >= 0.3 is 11.9 Å². The van der Waals surface area contributed by atoms with Gasteiger partial charge in [-0.25, -0.2) is 4.68 Å². The Labute approximate surface area is 257 Å². The van der Waals surface area contributed by atoms with E-state index in [0.29, 0.717) is 31.5 Å². The number of hydrogen-bond donors (Lipinski definition) is 6. The lowest BCUT2D eigenvalue weighted by atomic mass is 9.87. The van der Waals surface area contributed by atoms with Crippen LogP contribution in [0.15, 0.2) is 47.6 Å². The van der Waals surface area contributed by atoms with Gasteiger partial charge < -0.3 is 37.5 Å². The molecular formula is C30H46N8O6. The number of carboxylic acids is 2. The van der Waals surface area contributed by atoms with Gasteiger partial charge in [-0.15, -0.1) is 5.10 Å². The van der Waals surface area contributed by atoms with Gasteiger partial charge in [-0.1, -0.05) is 49.4 Å². The van der Waals surface area contributed by atoms with E-state index in [2.05, 4.69) is 32.8 Å². The molecule has 1 aromatic heterocycles. The molecular weight excluding hydrogens is 568 g/mol. The number of benzene rings is 1. The van der Waals surface area contributed by atoms with E-state index in [4.69, 9.17) is 27.0 Å². The first-order valence-electron chi connectivity index (χ1n) is 14.8. The largest absolute Gasteiger partial charge is 0.481 e. The minimum atomic E-state index is -1.00. The molecule has 1 amide bonds. The third-order valence-electron chi connectivity index (χ3n) is 7.11. The molecule has 0 bridgehead atoms. The Kier molecular flexibility index (Phi) is 15.0. The second-order valence-electron chi connectivity index (χ2n) is 10.6. The maximum absolute atomic E-state index is 12.0. The highest BCUT2D eigenvalue weighted by molar-refractivity contribution is 5.79. The van der Waals surface area contributed by atoms with E-state index in [1.54, 1.807) is 10.8 Å². The first-order valence-corrected chi connectivity index (χ1v) is 14.8. The normalized spacial score (nSPS) is 18.4. The van der Waals surface area contributed by atoms with Crippen LogP contribution in [0.4, 0.5) is 0 Å². The average Bonchev–Trinajstić information content (AvgIpc) is 3.46. The molecule has 0 radical (unpaired) electrons. The molecule has 1 heterocycles. The molecule has 1 aliphatic rings. The number of aliphatic carboxylic acids is 2. The molecule has 9 N–H and O–H groups in total. The van der Waals surface area contributed by atoms with Crippen LogP contribution in [0.5, 0.6) is 0 Å². The number of nitrogens with zero attached hydrogens (tertiary/aromatic N) is 4. The first kappa shape index (κ1) is 35.9. The third kappa shape index (κ3) is 12.1. The summed E-state index contributed by atoms with van der Waals surface area (Å²) in [7, 11) is 0. The summed E-state index contributed by atoms with van der Waals surface area (Å²) in [5, 5.41) is 29.6. The maximum Gasteiger partial charge on any atom is 0.320 e. The van der Waals surface area contributed by atoms with E-state index >= 15 is 0 Å². The van der Waals surface area contributed by atoms with Crippen molar-refractivity contribution in [1.82, 2.24) is 20.3 Å². The van der Waals surface area contributed by atoms with Crippen LogP contribution in [0, 0.1) is 5.92 Å². The molecule has 4 atom stereocenters. The second kappa shape index (κ2) is 18.4. The number of rotatable bonds is 15. The quantitative estimate of drug-likeness (QED) is 0.0956. The van der Waals surface area contributed by atoms with Crippen LogP contribution in [-0.4, -0.2) is 79.8 Å². The van der Waals surface area contributed by atoms with Crippen molar-refractivity contribution in [3.63, 3.8) is 0 Å². The highest BCUT2D eigenvalue weighted by Gasteiger charge is 2.38. The smallest absolute Gasteiger partial charge is 0.320 e. The Bertz CT molecular complexity index is 1260. The molecule has 44 heavy (non-hydrogen) atoms. The zero-order chi connectivity index (χ0) is 32.6. The minimum absolute atomic E-state index is 0.0118. The predicted molar refractivity (Wildman–Crippen MR) is 166 cm³/mol. The first-order chi connectivity index (χ1) is 20.9. The van der Waals surface area contributed by atoms with Crippen molar-refractivity contribution in [3.05, 3.63) is 53.9 Å². The summed E-state index contributed by atoms with van der Waals surface area (Å²) < 4.78 is 7.85. The van der Waals surface area contributed by atoms with Crippen molar-refractivity contribution in [3.8, 4) is 0 Å². The van der Waals surface area contributed by atoms with Gasteiger partial charge in [-0.05, 0) is 56.6 Å². The van der Waals surface area contributed by atoms with Crippen LogP contribution >= 0.6 is 0 Å². The standard InChI is InChI=1S/C24H32N4O4.C6H14N4O2/c1-4-20(5-2)32-22-14-18(24(30)31)13-21(23(22)25-16(3)29)28-15-19(26-27-28)12-11-17-9-7-6-8-10-17;7-4(5(11)12)2-1-3-10-6(8)9/h6-10,13,15,18,20,22-23H,4-5,11-12,14H2,1-3H3,(H,25,29)(H,30,31);4H,1-3,7H2,(H,11,12)(H4,8,9,10)/t18?,22-,23-;4-/m10/s1. The highest BCUT2D eigenvalue weighted by atomic mass is 16.5. The van der Waals surface area contributed by atoms with Gasteiger partial charge in [0.05, 0.1) is 41.8 Å². The number of ether oxygens (including phenoxy) is 1. The van der Waals surface area contributed by atoms with E-state index in [-0.39, 0.29) is 24.4 Å². The number of carbonyl (C=O) groups is 3. The number of carboxylic acid groups (broad SMARTS) is 2. The number of nitrogens with two attached hydrogens (primary N) is 3. The van der Waals surface area contributed by atoms with Crippen molar-refractivity contribution in [1.29, 1.82) is 0 Å². The van der Waals surface area contributed by atoms with Crippen LogP contribution in [0.3, 0.4) is 0 Å². The summed E-state index contributed by atoms with van der Waals surface area (Å²) in [6.45, 7) is 5.93. The highest BCUT2D eigenvalue weighted by Crippen LogP contribution is 2.31. The lowest BCUT2D eigenvalue weighted by molar-refractivity contribution is -0.142. The van der Waals surface area contributed by atoms with Gasteiger partial charge in [0.15, 0.2) is 5.96 Å². The van der Waals surface area contributed by atoms with Crippen molar-refractivity contribution < 1.29 is 29.3 Å². The van der Waals surface area contributed by atoms with Crippen LogP contribution in [0.1, 0.15) is 64.1 Å². The number of hydrogen-bond acceptors (Lipinski definition) is 8. The van der Waals surface area contributed by atoms with Crippen LogP contribution < -0.4 is 22.5 Å². The van der Waals surface area contributed by atoms with Gasteiger partial charge in [0.25, 0.3) is 0 Å². The number of aromatic nitrogens is 3. The lowest BCUT2D eigenvalue weighted by Gasteiger charge is -2.36. The van der Waals surface area contributed by atoms with Gasteiger partial charge in [-0.2, -0.15) is 0 Å². The van der Waals surface area contributed by atoms with Crippen molar-refractivity contribution >= 4 is 29.5 Å². The third-order valence-corrected chi connectivity index (χ3v) is 7.11. The van der Waals surface area contributed by atoms with Crippen molar-refractivity contribution in [2.75, 3.05) is 6.54 Å². The van der Waals surface area contributed by atoms with Crippen molar-refractivity contribution in [2.45, 2.75) is 90.0 Å². The summed E-state index contributed by atoms with van der Waals surface area (Å²) in [6, 6.07) is 8.80. The molecule has 0 spiro atoms. The van der Waals surface area contributed by atoms with E-state index in [1.807, 2.05) is 38.2 Å². The summed E-state index contributed by atoms with van der Waals surface area (Å²) in [4.78, 5) is 37.7. The fourth-order valence-electron chi connectivity index (χ4n) is 4.69. The van der Waals surface area contributed by atoms with Gasteiger partial charge in [0.1, 0.15) is 6.04 Å². The van der Waals surface area contributed by atoms with Crippen LogP contribution in [0.25, 0.3) is 5.70 Å². The van der Waals surface area contributed by atoms with E-state index in [9.17, 15) is 19.5 Å². The maximum atomic E-state index is 12.0. The molecule has 1 aromatic carbocycles. The zero-order valence-electron chi connectivity index (χ0n) is 25.6. The number of amides is 1. The summed E-state index contributed by atoms with van der Waals surface area (Å²) in [6.07, 6.45) is 7.38. The monoisotopic (exact) mass is 614 g/mol. The number of carbonyl (C=O) groups excluding carboxylic acids is 1. The van der Waals surface area contributed by atoms with Gasteiger partial charge in [-0.3, -0.25) is 19.4 Å². The molecule has 14 heteroatoms. The zero-order valence-corrected chi connectivity index (χ0v) is 25.6. The number of guanidine groups is 1. The molecule has 1 unspecified atom stereocenters. The molecule has 242 valence electrons. The van der Waals surface area contributed by atoms with Gasteiger partial charge in [0, 0.05) is 13.5 Å². The summed E-state index contributed by atoms with van der Waals surface area (Å²) in [5.41, 5.74) is 17.9. The average molecular weight is 615 g/mol. The van der Waals surface area contributed by atoms with Crippen LogP contribution in [-0.2, 0) is 32.0 Å². The summed E-state index contributed by atoms with van der Waals surface area (Å²) >= 11 is 0. The molecule has 0 saturated heterocycles. The van der Waals surface area contributed by atoms with E-state index < -0.39 is 36.0 Å². The Morgan fingerprint density at radius 2 is 1.82 bits per heavy atom. The van der Waals surface area contributed by atoms with E-state index in [0.717, 1.165) is 25.0 Å². The molecule has 0 fully saturated rings. The number of nitrogens with one attached hydrogen (secondary N) is 1. The van der Waals surface area contributed by atoms with Crippen molar-refractivity contribution in [2.24, 2.45) is 28.1 Å². The molecule has 0 saturated carbocycles. The predicted octanol–water partition coefficient (Wildman–Crippen LogP) is 1.54. The fraction of sp³-hybridized carbons (Fsp3) is 0.533. The molecule has 2 aromatic rings.